The highest BCUT2D eigenvalue weighted by Gasteiger charge is 2.28. The molecule has 130 valence electrons. The number of likely N-dealkylation sites (N-methyl/N-ethyl adjacent to an activating group) is 1. The largest absolute Gasteiger partial charge is 0.309 e. The van der Waals surface area contributed by atoms with Gasteiger partial charge in [-0.05, 0) is 52.1 Å². The number of ketones is 1. The van der Waals surface area contributed by atoms with E-state index in [4.69, 9.17) is 0 Å². The third-order valence-corrected chi connectivity index (χ3v) is 4.69. The predicted molar refractivity (Wildman–Crippen MR) is 98.6 cm³/mol. The minimum atomic E-state index is -0.637. The van der Waals surface area contributed by atoms with Crippen molar-refractivity contribution in [3.8, 4) is 0 Å². The summed E-state index contributed by atoms with van der Waals surface area (Å²) in [6, 6.07) is 6.17. The number of nitrogens with zero attached hydrogens (tertiary/aromatic N) is 2. The first-order chi connectivity index (χ1) is 11.1. The molecule has 0 atom stereocenters. The molecule has 0 spiro atoms. The first kappa shape index (κ1) is 18.4. The summed E-state index contributed by atoms with van der Waals surface area (Å²) in [6.07, 6.45) is 3.06. The van der Waals surface area contributed by atoms with E-state index in [1.54, 1.807) is 11.5 Å². The van der Waals surface area contributed by atoms with Gasteiger partial charge in [0.05, 0.1) is 5.52 Å². The van der Waals surface area contributed by atoms with Crippen LogP contribution in [0.25, 0.3) is 10.9 Å². The van der Waals surface area contributed by atoms with Crippen LogP contribution in [0.4, 0.5) is 0 Å². The topological polar surface area (TPSA) is 42.3 Å². The second-order valence-electron chi connectivity index (χ2n) is 7.61. The number of fused-ring (bicyclic) bond motifs is 1. The summed E-state index contributed by atoms with van der Waals surface area (Å²) < 4.78 is 1.73. The number of carbonyl (C=O) groups is 2. The van der Waals surface area contributed by atoms with E-state index < -0.39 is 5.41 Å². The fourth-order valence-corrected chi connectivity index (χ4v) is 2.75. The van der Waals surface area contributed by atoms with Crippen molar-refractivity contribution in [2.45, 2.75) is 40.5 Å². The van der Waals surface area contributed by atoms with Crippen LogP contribution in [0.5, 0.6) is 0 Å². The third kappa shape index (κ3) is 3.93. The molecule has 0 bridgehead atoms. The highest BCUT2D eigenvalue weighted by molar-refractivity contribution is 5.97. The third-order valence-electron chi connectivity index (χ3n) is 4.69. The standard InChI is InChI=1S/C20H28N2O2/c1-14-7-8-18-17(11-14)16(9-10-21(5)6)13-22(18)19(24)12-20(3,4)15(2)23/h7-8,11,13H,9-10,12H2,1-6H3. The summed E-state index contributed by atoms with van der Waals surface area (Å²) in [5, 5.41) is 1.13. The number of hydrogen-bond donors (Lipinski definition) is 0. The molecular weight excluding hydrogens is 300 g/mol. The summed E-state index contributed by atoms with van der Waals surface area (Å²) in [5.74, 6) is 0.0103. The average Bonchev–Trinajstić information content (AvgIpc) is 2.82. The van der Waals surface area contributed by atoms with E-state index in [-0.39, 0.29) is 18.1 Å². The van der Waals surface area contributed by atoms with Crippen LogP contribution in [0.3, 0.4) is 0 Å². The van der Waals surface area contributed by atoms with Crippen molar-refractivity contribution < 1.29 is 9.59 Å². The van der Waals surface area contributed by atoms with E-state index in [1.807, 2.05) is 46.3 Å². The Bertz CT molecular complexity index is 769. The molecule has 1 heterocycles. The van der Waals surface area contributed by atoms with Gasteiger partial charge in [0.25, 0.3) is 0 Å². The summed E-state index contributed by atoms with van der Waals surface area (Å²) in [4.78, 5) is 26.7. The Kier molecular flexibility index (Phi) is 5.29. The highest BCUT2D eigenvalue weighted by Crippen LogP contribution is 2.27. The van der Waals surface area contributed by atoms with Crippen molar-refractivity contribution in [2.75, 3.05) is 20.6 Å². The van der Waals surface area contributed by atoms with Gasteiger partial charge in [0.15, 0.2) is 0 Å². The van der Waals surface area contributed by atoms with Crippen LogP contribution in [-0.2, 0) is 11.2 Å². The zero-order valence-electron chi connectivity index (χ0n) is 15.6. The maximum absolute atomic E-state index is 12.8. The van der Waals surface area contributed by atoms with Gasteiger partial charge in [-0.2, -0.15) is 0 Å². The highest BCUT2D eigenvalue weighted by atomic mass is 16.2. The van der Waals surface area contributed by atoms with E-state index in [0.717, 1.165) is 23.9 Å². The smallest absolute Gasteiger partial charge is 0.232 e. The van der Waals surface area contributed by atoms with E-state index in [9.17, 15) is 9.59 Å². The summed E-state index contributed by atoms with van der Waals surface area (Å²) in [5.41, 5.74) is 2.65. The van der Waals surface area contributed by atoms with E-state index >= 15 is 0 Å². The lowest BCUT2D eigenvalue weighted by molar-refractivity contribution is -0.124. The number of carbonyl (C=O) groups excluding carboxylic acids is 2. The van der Waals surface area contributed by atoms with Crippen molar-refractivity contribution in [2.24, 2.45) is 5.41 Å². The lowest BCUT2D eigenvalue weighted by atomic mass is 9.85. The normalized spacial score (nSPS) is 12.1. The molecular formula is C20H28N2O2. The first-order valence-corrected chi connectivity index (χ1v) is 8.41. The van der Waals surface area contributed by atoms with E-state index in [2.05, 4.69) is 17.9 Å². The molecule has 0 N–H and O–H groups in total. The van der Waals surface area contributed by atoms with Crippen molar-refractivity contribution >= 4 is 22.6 Å². The van der Waals surface area contributed by atoms with Gasteiger partial charge in [0.1, 0.15) is 5.78 Å². The van der Waals surface area contributed by atoms with Crippen LogP contribution < -0.4 is 0 Å². The molecule has 0 aliphatic heterocycles. The van der Waals surface area contributed by atoms with E-state index in [1.165, 1.54) is 11.1 Å². The molecule has 2 rings (SSSR count). The molecule has 0 fully saturated rings. The SMILES string of the molecule is CC(=O)C(C)(C)CC(=O)n1cc(CCN(C)C)c2cc(C)ccc21. The van der Waals surface area contributed by atoms with Crippen LogP contribution in [0.2, 0.25) is 0 Å². The molecule has 0 aliphatic carbocycles. The predicted octanol–water partition coefficient (Wildman–Crippen LogP) is 3.70. The number of Topliss-reactive ketones (excluding diaryl/α,β-unsaturated/α-hetero) is 1. The second kappa shape index (κ2) is 6.89. The molecule has 4 nitrogen and oxygen atoms in total. The Balaban J connectivity index is 2.43. The first-order valence-electron chi connectivity index (χ1n) is 8.41. The summed E-state index contributed by atoms with van der Waals surface area (Å²) in [6.45, 7) is 8.20. The van der Waals surface area contributed by atoms with Gasteiger partial charge in [0.2, 0.25) is 5.91 Å². The fourth-order valence-electron chi connectivity index (χ4n) is 2.75. The molecule has 1 aromatic carbocycles. The van der Waals surface area contributed by atoms with Gasteiger partial charge in [-0.3, -0.25) is 14.2 Å². The Hall–Kier alpha value is -1.94. The monoisotopic (exact) mass is 328 g/mol. The molecule has 4 heteroatoms. The van der Waals surface area contributed by atoms with Gasteiger partial charge in [0, 0.05) is 30.0 Å². The number of aromatic nitrogens is 1. The molecule has 0 aliphatic rings. The lowest BCUT2D eigenvalue weighted by Crippen LogP contribution is -2.27. The van der Waals surface area contributed by atoms with Crippen molar-refractivity contribution in [1.29, 1.82) is 0 Å². The average molecular weight is 328 g/mol. The number of hydrogen-bond acceptors (Lipinski definition) is 3. The molecule has 0 amide bonds. The van der Waals surface area contributed by atoms with Gasteiger partial charge in [-0.25, -0.2) is 0 Å². The van der Waals surface area contributed by atoms with Gasteiger partial charge >= 0.3 is 0 Å². The zero-order chi connectivity index (χ0) is 18.1. The van der Waals surface area contributed by atoms with Crippen molar-refractivity contribution in [3.05, 3.63) is 35.5 Å². The van der Waals surface area contributed by atoms with Gasteiger partial charge < -0.3 is 4.90 Å². The Morgan fingerprint density at radius 3 is 2.46 bits per heavy atom. The summed E-state index contributed by atoms with van der Waals surface area (Å²) >= 11 is 0. The van der Waals surface area contributed by atoms with Crippen molar-refractivity contribution in [3.63, 3.8) is 0 Å². The fraction of sp³-hybridized carbons (Fsp3) is 0.500. The molecule has 0 saturated carbocycles. The van der Waals surface area contributed by atoms with Crippen LogP contribution in [0.1, 0.15) is 43.1 Å². The maximum Gasteiger partial charge on any atom is 0.232 e. The minimum absolute atomic E-state index is 0.0276. The molecule has 0 radical (unpaired) electrons. The number of benzene rings is 1. The maximum atomic E-state index is 12.8. The van der Waals surface area contributed by atoms with Crippen LogP contribution >= 0.6 is 0 Å². The Morgan fingerprint density at radius 2 is 1.88 bits per heavy atom. The molecule has 24 heavy (non-hydrogen) atoms. The molecule has 1 aromatic heterocycles. The van der Waals surface area contributed by atoms with Gasteiger partial charge in [-0.15, -0.1) is 0 Å². The Morgan fingerprint density at radius 1 is 1.21 bits per heavy atom. The number of aryl methyl sites for hydroxylation is 1. The van der Waals surface area contributed by atoms with Crippen LogP contribution in [0, 0.1) is 12.3 Å². The minimum Gasteiger partial charge on any atom is -0.309 e. The summed E-state index contributed by atoms with van der Waals surface area (Å²) in [7, 11) is 4.09. The number of rotatable bonds is 6. The molecule has 0 unspecified atom stereocenters. The molecule has 0 saturated heterocycles. The second-order valence-corrected chi connectivity index (χ2v) is 7.61. The lowest BCUT2D eigenvalue weighted by Gasteiger charge is -2.20. The van der Waals surface area contributed by atoms with Crippen molar-refractivity contribution in [1.82, 2.24) is 9.47 Å². The quantitative estimate of drug-likeness (QED) is 0.812. The van der Waals surface area contributed by atoms with Crippen LogP contribution in [-0.4, -0.2) is 41.8 Å². The van der Waals surface area contributed by atoms with Gasteiger partial charge in [-0.1, -0.05) is 25.5 Å². The van der Waals surface area contributed by atoms with E-state index in [0.29, 0.717) is 0 Å². The van der Waals surface area contributed by atoms with Crippen LogP contribution in [0.15, 0.2) is 24.4 Å². The molecule has 2 aromatic rings. The zero-order valence-corrected chi connectivity index (χ0v) is 15.6. The Labute approximate surface area is 144 Å².